The fourth-order valence-corrected chi connectivity index (χ4v) is 3.97. The molecule has 0 saturated carbocycles. The summed E-state index contributed by atoms with van der Waals surface area (Å²) in [7, 11) is -3.44. The van der Waals surface area contributed by atoms with Crippen molar-refractivity contribution >= 4 is 38.2 Å². The molecule has 0 fully saturated rings. The van der Waals surface area contributed by atoms with Gasteiger partial charge >= 0.3 is 0 Å². The van der Waals surface area contributed by atoms with Crippen LogP contribution in [0.2, 0.25) is 5.02 Å². The van der Waals surface area contributed by atoms with Crippen LogP contribution >= 0.6 is 11.6 Å². The first-order valence-corrected chi connectivity index (χ1v) is 10.0. The lowest BCUT2D eigenvalue weighted by molar-refractivity contribution is 0.0955. The number of sulfone groups is 1. The summed E-state index contributed by atoms with van der Waals surface area (Å²) in [5, 5.41) is 3.97. The Morgan fingerprint density at radius 2 is 1.85 bits per heavy atom. The van der Waals surface area contributed by atoms with E-state index >= 15 is 0 Å². The highest BCUT2D eigenvalue weighted by Gasteiger charge is 2.16. The molecule has 0 bridgehead atoms. The van der Waals surface area contributed by atoms with E-state index in [-0.39, 0.29) is 23.1 Å². The fraction of sp³-hybridized carbons (Fsp3) is 0.158. The molecule has 2 aromatic carbocycles. The van der Waals surface area contributed by atoms with E-state index in [4.69, 9.17) is 11.6 Å². The van der Waals surface area contributed by atoms with Crippen LogP contribution in [0.1, 0.15) is 16.1 Å². The highest BCUT2D eigenvalue weighted by molar-refractivity contribution is 7.91. The Balaban J connectivity index is 1.72. The van der Waals surface area contributed by atoms with Crippen molar-refractivity contribution in [2.75, 3.05) is 12.3 Å². The predicted octanol–water partition coefficient (Wildman–Crippen LogP) is 3.40. The Kier molecular flexibility index (Phi) is 5.25. The van der Waals surface area contributed by atoms with Crippen molar-refractivity contribution in [1.29, 1.82) is 0 Å². The zero-order valence-electron chi connectivity index (χ0n) is 14.1. The van der Waals surface area contributed by atoms with Crippen LogP contribution < -0.4 is 5.32 Å². The van der Waals surface area contributed by atoms with Crippen molar-refractivity contribution in [2.24, 2.45) is 0 Å². The molecule has 7 heteroatoms. The van der Waals surface area contributed by atoms with Gasteiger partial charge in [-0.15, -0.1) is 0 Å². The molecule has 5 nitrogen and oxygen atoms in total. The average Bonchev–Trinajstić information content (AvgIpc) is 2.62. The van der Waals surface area contributed by atoms with Gasteiger partial charge in [-0.2, -0.15) is 0 Å². The minimum atomic E-state index is -3.44. The Labute approximate surface area is 156 Å². The number of fused-ring (bicyclic) bond motifs is 1. The summed E-state index contributed by atoms with van der Waals surface area (Å²) in [6.07, 6.45) is 0. The second kappa shape index (κ2) is 7.43. The molecule has 0 atom stereocenters. The Morgan fingerprint density at radius 3 is 2.58 bits per heavy atom. The van der Waals surface area contributed by atoms with E-state index < -0.39 is 9.84 Å². The lowest BCUT2D eigenvalue weighted by Gasteiger charge is -2.09. The van der Waals surface area contributed by atoms with E-state index in [1.807, 2.05) is 0 Å². The van der Waals surface area contributed by atoms with E-state index in [0.717, 1.165) is 10.9 Å². The number of amides is 1. The third-order valence-electron chi connectivity index (χ3n) is 3.97. The van der Waals surface area contributed by atoms with Crippen LogP contribution in [0.4, 0.5) is 0 Å². The normalized spacial score (nSPS) is 11.5. The van der Waals surface area contributed by atoms with Crippen molar-refractivity contribution in [3.05, 3.63) is 70.9 Å². The van der Waals surface area contributed by atoms with Crippen LogP contribution in [0, 0.1) is 6.92 Å². The van der Waals surface area contributed by atoms with Gasteiger partial charge in [-0.05, 0) is 43.3 Å². The molecule has 0 unspecified atom stereocenters. The van der Waals surface area contributed by atoms with Gasteiger partial charge in [-0.25, -0.2) is 8.42 Å². The van der Waals surface area contributed by atoms with Crippen molar-refractivity contribution in [3.63, 3.8) is 0 Å². The van der Waals surface area contributed by atoms with E-state index in [2.05, 4.69) is 10.3 Å². The van der Waals surface area contributed by atoms with Crippen LogP contribution in [0.3, 0.4) is 0 Å². The van der Waals surface area contributed by atoms with Gasteiger partial charge in [0.05, 0.1) is 27.4 Å². The topological polar surface area (TPSA) is 76.1 Å². The number of carbonyl (C=O) groups excluding carboxylic acids is 1. The number of aromatic nitrogens is 1. The first-order chi connectivity index (χ1) is 12.4. The first kappa shape index (κ1) is 18.4. The molecule has 0 aliphatic carbocycles. The number of carbonyl (C=O) groups is 1. The highest BCUT2D eigenvalue weighted by Crippen LogP contribution is 2.20. The SMILES string of the molecule is Cc1nc2ccc(Cl)cc2cc1C(=O)NCCS(=O)(=O)c1ccccc1. The number of halogens is 1. The minimum absolute atomic E-state index is 0.0169. The molecule has 1 amide bonds. The second-order valence-corrected chi connectivity index (χ2v) is 8.39. The van der Waals surface area contributed by atoms with Gasteiger partial charge in [0.15, 0.2) is 9.84 Å². The molecule has 0 radical (unpaired) electrons. The number of nitrogens with one attached hydrogen (secondary N) is 1. The third-order valence-corrected chi connectivity index (χ3v) is 5.94. The van der Waals surface area contributed by atoms with Crippen molar-refractivity contribution in [1.82, 2.24) is 10.3 Å². The van der Waals surface area contributed by atoms with Crippen LogP contribution in [0.25, 0.3) is 10.9 Å². The molecule has 1 N–H and O–H groups in total. The Bertz CT molecular complexity index is 1070. The molecule has 3 rings (SSSR count). The zero-order valence-corrected chi connectivity index (χ0v) is 15.6. The predicted molar refractivity (Wildman–Crippen MR) is 102 cm³/mol. The van der Waals surface area contributed by atoms with Crippen LogP contribution in [0.5, 0.6) is 0 Å². The van der Waals surface area contributed by atoms with Gasteiger partial charge in [-0.3, -0.25) is 9.78 Å². The summed E-state index contributed by atoms with van der Waals surface area (Å²) in [5.74, 6) is -0.533. The number of benzene rings is 2. The summed E-state index contributed by atoms with van der Waals surface area (Å²) in [5.41, 5.74) is 1.72. The molecule has 0 spiro atoms. The van der Waals surface area contributed by atoms with Gasteiger partial charge in [0.25, 0.3) is 5.91 Å². The first-order valence-electron chi connectivity index (χ1n) is 8.00. The molecular weight excluding hydrogens is 372 g/mol. The van der Waals surface area contributed by atoms with Gasteiger partial charge in [0.1, 0.15) is 0 Å². The molecule has 1 aromatic heterocycles. The second-order valence-electron chi connectivity index (χ2n) is 5.85. The zero-order chi connectivity index (χ0) is 18.7. The molecule has 134 valence electrons. The van der Waals surface area contributed by atoms with E-state index in [1.165, 1.54) is 12.1 Å². The Hall–Kier alpha value is -2.44. The quantitative estimate of drug-likeness (QED) is 0.726. The monoisotopic (exact) mass is 388 g/mol. The molecule has 1 heterocycles. The smallest absolute Gasteiger partial charge is 0.253 e. The van der Waals surface area contributed by atoms with E-state index in [0.29, 0.717) is 16.3 Å². The number of rotatable bonds is 5. The van der Waals surface area contributed by atoms with E-state index in [9.17, 15) is 13.2 Å². The number of nitrogens with zero attached hydrogens (tertiary/aromatic N) is 1. The lowest BCUT2D eigenvalue weighted by Crippen LogP contribution is -2.29. The standard InChI is InChI=1S/C19H17ClN2O3S/c1-13-17(12-14-11-15(20)7-8-18(14)22-13)19(23)21-9-10-26(24,25)16-5-3-2-4-6-16/h2-8,11-12H,9-10H2,1H3,(H,21,23). The maximum atomic E-state index is 12.4. The molecule has 0 saturated heterocycles. The summed E-state index contributed by atoms with van der Waals surface area (Å²) in [6.45, 7) is 1.76. The minimum Gasteiger partial charge on any atom is -0.351 e. The average molecular weight is 389 g/mol. The van der Waals surface area contributed by atoms with Gasteiger partial charge in [-0.1, -0.05) is 29.8 Å². The largest absolute Gasteiger partial charge is 0.351 e. The Morgan fingerprint density at radius 1 is 1.12 bits per heavy atom. The third kappa shape index (κ3) is 4.03. The molecule has 26 heavy (non-hydrogen) atoms. The maximum Gasteiger partial charge on any atom is 0.253 e. The van der Waals surface area contributed by atoms with Crippen LogP contribution in [-0.4, -0.2) is 31.6 Å². The number of pyridine rings is 1. The summed E-state index contributed by atoms with van der Waals surface area (Å²) in [6, 6.07) is 15.1. The molecule has 0 aliphatic rings. The van der Waals surface area contributed by atoms with Crippen LogP contribution in [0.15, 0.2) is 59.5 Å². The number of hydrogen-bond donors (Lipinski definition) is 1. The van der Waals surface area contributed by atoms with Crippen molar-refractivity contribution in [3.8, 4) is 0 Å². The maximum absolute atomic E-state index is 12.4. The van der Waals surface area contributed by atoms with Crippen molar-refractivity contribution in [2.45, 2.75) is 11.8 Å². The van der Waals surface area contributed by atoms with Gasteiger partial charge in [0, 0.05) is 17.0 Å². The summed E-state index contributed by atoms with van der Waals surface area (Å²) < 4.78 is 24.5. The lowest BCUT2D eigenvalue weighted by atomic mass is 10.1. The van der Waals surface area contributed by atoms with E-state index in [1.54, 1.807) is 49.4 Å². The fourth-order valence-electron chi connectivity index (χ4n) is 2.61. The number of aryl methyl sites for hydroxylation is 1. The summed E-state index contributed by atoms with van der Waals surface area (Å²) >= 11 is 5.99. The van der Waals surface area contributed by atoms with Gasteiger partial charge in [0.2, 0.25) is 0 Å². The van der Waals surface area contributed by atoms with Gasteiger partial charge < -0.3 is 5.32 Å². The molecule has 0 aliphatic heterocycles. The van der Waals surface area contributed by atoms with Crippen LogP contribution in [-0.2, 0) is 9.84 Å². The summed E-state index contributed by atoms with van der Waals surface area (Å²) in [4.78, 5) is 17.1. The molecule has 3 aromatic rings. The number of hydrogen-bond acceptors (Lipinski definition) is 4. The van der Waals surface area contributed by atoms with Crippen molar-refractivity contribution < 1.29 is 13.2 Å². The highest BCUT2D eigenvalue weighted by atomic mass is 35.5. The molecular formula is C19H17ClN2O3S.